The molecule has 2 aromatic rings. The van der Waals surface area contributed by atoms with E-state index in [-0.39, 0.29) is 17.8 Å². The molecule has 0 saturated heterocycles. The van der Waals surface area contributed by atoms with Gasteiger partial charge in [0.25, 0.3) is 0 Å². The molecule has 1 aromatic heterocycles. The SMILES string of the molecule is CCOC(=O)[C@H]1[C@H](c2cccs2)[C@]12C(=O)Nc1ccccc12. The zero-order valence-corrected chi connectivity index (χ0v) is 12.9. The number of nitrogens with one attached hydrogen (secondary N) is 1. The molecule has 0 bridgehead atoms. The molecule has 4 rings (SSSR count). The number of ether oxygens (including phenoxy) is 1. The normalized spacial score (nSPS) is 28.3. The molecule has 4 nitrogen and oxygen atoms in total. The highest BCUT2D eigenvalue weighted by atomic mass is 32.1. The number of esters is 1. The lowest BCUT2D eigenvalue weighted by Crippen LogP contribution is -2.25. The van der Waals surface area contributed by atoms with Crippen LogP contribution in [0, 0.1) is 5.92 Å². The van der Waals surface area contributed by atoms with Crippen molar-refractivity contribution in [2.24, 2.45) is 5.92 Å². The van der Waals surface area contributed by atoms with E-state index in [0.29, 0.717) is 6.61 Å². The van der Waals surface area contributed by atoms with Crippen molar-refractivity contribution in [1.82, 2.24) is 0 Å². The van der Waals surface area contributed by atoms with Crippen LogP contribution < -0.4 is 5.32 Å². The second-order valence-corrected chi connectivity index (χ2v) is 6.57. The number of para-hydroxylation sites is 1. The van der Waals surface area contributed by atoms with Gasteiger partial charge in [0.1, 0.15) is 0 Å². The van der Waals surface area contributed by atoms with E-state index in [0.717, 1.165) is 16.1 Å². The minimum absolute atomic E-state index is 0.0925. The third-order valence-corrected chi connectivity index (χ3v) is 5.55. The van der Waals surface area contributed by atoms with Crippen molar-refractivity contribution >= 4 is 28.9 Å². The van der Waals surface area contributed by atoms with Gasteiger partial charge in [-0.25, -0.2) is 0 Å². The van der Waals surface area contributed by atoms with Crippen LogP contribution >= 0.6 is 11.3 Å². The van der Waals surface area contributed by atoms with Crippen LogP contribution in [0.15, 0.2) is 41.8 Å². The van der Waals surface area contributed by atoms with Crippen LogP contribution in [0.25, 0.3) is 0 Å². The summed E-state index contributed by atoms with van der Waals surface area (Å²) in [5.74, 6) is -0.942. The van der Waals surface area contributed by atoms with Gasteiger partial charge in [0.15, 0.2) is 0 Å². The van der Waals surface area contributed by atoms with E-state index < -0.39 is 11.3 Å². The first kappa shape index (κ1) is 13.5. The smallest absolute Gasteiger partial charge is 0.311 e. The predicted octanol–water partition coefficient (Wildman–Crippen LogP) is 2.91. The number of anilines is 1. The second kappa shape index (κ2) is 4.68. The minimum atomic E-state index is -0.798. The maximum atomic E-state index is 12.7. The van der Waals surface area contributed by atoms with Crippen molar-refractivity contribution in [1.29, 1.82) is 0 Å². The fraction of sp³-hybridized carbons (Fsp3) is 0.294. The van der Waals surface area contributed by atoms with Gasteiger partial charge in [-0.2, -0.15) is 0 Å². The Hall–Kier alpha value is -2.14. The molecular formula is C17H15NO3S. The van der Waals surface area contributed by atoms with Crippen LogP contribution in [0.4, 0.5) is 5.69 Å². The van der Waals surface area contributed by atoms with Crippen molar-refractivity contribution in [3.8, 4) is 0 Å². The summed E-state index contributed by atoms with van der Waals surface area (Å²) >= 11 is 1.58. The number of rotatable bonds is 3. The van der Waals surface area contributed by atoms with Crippen molar-refractivity contribution in [2.45, 2.75) is 18.3 Å². The first-order chi connectivity index (χ1) is 10.7. The maximum absolute atomic E-state index is 12.7. The number of carbonyl (C=O) groups excluding carboxylic acids is 2. The molecule has 22 heavy (non-hydrogen) atoms. The average molecular weight is 313 g/mol. The van der Waals surface area contributed by atoms with E-state index in [9.17, 15) is 9.59 Å². The van der Waals surface area contributed by atoms with Gasteiger partial charge in [0.2, 0.25) is 5.91 Å². The first-order valence-corrected chi connectivity index (χ1v) is 8.20. The summed E-state index contributed by atoms with van der Waals surface area (Å²) in [6, 6.07) is 11.6. The van der Waals surface area contributed by atoms with Crippen molar-refractivity contribution in [2.75, 3.05) is 11.9 Å². The van der Waals surface area contributed by atoms with Crippen molar-refractivity contribution in [3.05, 3.63) is 52.2 Å². The van der Waals surface area contributed by atoms with Crippen LogP contribution in [0.1, 0.15) is 23.3 Å². The Bertz CT molecular complexity index is 755. The minimum Gasteiger partial charge on any atom is -0.466 e. The fourth-order valence-corrected chi connectivity index (χ4v) is 4.66. The molecule has 0 unspecified atom stereocenters. The molecule has 1 aliphatic heterocycles. The zero-order chi connectivity index (χ0) is 15.3. The zero-order valence-electron chi connectivity index (χ0n) is 12.0. The molecule has 2 heterocycles. The quantitative estimate of drug-likeness (QED) is 0.887. The molecule has 112 valence electrons. The van der Waals surface area contributed by atoms with E-state index >= 15 is 0 Å². The Morgan fingerprint density at radius 2 is 2.14 bits per heavy atom. The van der Waals surface area contributed by atoms with Gasteiger partial charge < -0.3 is 10.1 Å². The molecule has 0 radical (unpaired) electrons. The number of amides is 1. The van der Waals surface area contributed by atoms with E-state index in [2.05, 4.69) is 5.32 Å². The molecule has 3 atom stereocenters. The van der Waals surface area contributed by atoms with E-state index in [4.69, 9.17) is 4.74 Å². The van der Waals surface area contributed by atoms with E-state index in [1.807, 2.05) is 41.8 Å². The molecule has 2 aliphatic rings. The van der Waals surface area contributed by atoms with Crippen LogP contribution in [-0.4, -0.2) is 18.5 Å². The lowest BCUT2D eigenvalue weighted by Gasteiger charge is -2.08. The van der Waals surface area contributed by atoms with Crippen LogP contribution in [-0.2, 0) is 19.7 Å². The molecule has 1 saturated carbocycles. The molecule has 5 heteroatoms. The lowest BCUT2D eigenvalue weighted by atomic mass is 9.92. The highest BCUT2D eigenvalue weighted by Crippen LogP contribution is 2.70. The lowest BCUT2D eigenvalue weighted by molar-refractivity contribution is -0.146. The molecule has 1 spiro atoms. The Labute approximate surface area is 132 Å². The summed E-state index contributed by atoms with van der Waals surface area (Å²) in [6.45, 7) is 2.11. The van der Waals surface area contributed by atoms with Crippen LogP contribution in [0.2, 0.25) is 0 Å². The van der Waals surface area contributed by atoms with Crippen LogP contribution in [0.5, 0.6) is 0 Å². The molecule has 1 N–H and O–H groups in total. The highest BCUT2D eigenvalue weighted by Gasteiger charge is 2.77. The molecule has 1 amide bonds. The van der Waals surface area contributed by atoms with Crippen LogP contribution in [0.3, 0.4) is 0 Å². The number of thiophene rings is 1. The summed E-state index contributed by atoms with van der Waals surface area (Å²) < 4.78 is 5.23. The Morgan fingerprint density at radius 3 is 2.86 bits per heavy atom. The molecule has 1 fully saturated rings. The van der Waals surface area contributed by atoms with Crippen molar-refractivity contribution < 1.29 is 14.3 Å². The third-order valence-electron chi connectivity index (χ3n) is 4.59. The summed E-state index contributed by atoms with van der Waals surface area (Å²) in [5, 5.41) is 4.90. The number of hydrogen-bond donors (Lipinski definition) is 1. The van der Waals surface area contributed by atoms with Gasteiger partial charge in [-0.1, -0.05) is 24.3 Å². The van der Waals surface area contributed by atoms with Gasteiger partial charge in [-0.05, 0) is 30.0 Å². The maximum Gasteiger partial charge on any atom is 0.311 e. The fourth-order valence-electron chi connectivity index (χ4n) is 3.72. The second-order valence-electron chi connectivity index (χ2n) is 5.59. The highest BCUT2D eigenvalue weighted by molar-refractivity contribution is 7.10. The predicted molar refractivity (Wildman–Crippen MR) is 83.9 cm³/mol. The Morgan fingerprint density at radius 1 is 1.32 bits per heavy atom. The standard InChI is InChI=1S/C17H15NO3S/c1-2-21-15(19)14-13(12-8-5-9-22-12)17(14)10-6-3-4-7-11(10)18-16(17)20/h3-9,13-14H,2H2,1H3,(H,18,20)/t13-,14+,17-/m0/s1. The molecular weight excluding hydrogens is 298 g/mol. The number of carbonyl (C=O) groups is 2. The number of fused-ring (bicyclic) bond motifs is 2. The van der Waals surface area contributed by atoms with E-state index in [1.54, 1.807) is 18.3 Å². The molecule has 1 aromatic carbocycles. The monoisotopic (exact) mass is 313 g/mol. The van der Waals surface area contributed by atoms with Gasteiger partial charge in [-0.15, -0.1) is 11.3 Å². The third kappa shape index (κ3) is 1.57. The van der Waals surface area contributed by atoms with Crippen molar-refractivity contribution in [3.63, 3.8) is 0 Å². The average Bonchev–Trinajstić information content (AvgIpc) is 2.80. The topological polar surface area (TPSA) is 55.4 Å². The Balaban J connectivity index is 1.85. The summed E-state index contributed by atoms with van der Waals surface area (Å²) in [6.07, 6.45) is 0. The number of hydrogen-bond acceptors (Lipinski definition) is 4. The van der Waals surface area contributed by atoms with Gasteiger partial charge in [0.05, 0.1) is 17.9 Å². The summed E-state index contributed by atoms with van der Waals surface area (Å²) in [7, 11) is 0. The van der Waals surface area contributed by atoms with Gasteiger partial charge >= 0.3 is 5.97 Å². The summed E-state index contributed by atoms with van der Waals surface area (Å²) in [4.78, 5) is 26.2. The molecule has 1 aliphatic carbocycles. The van der Waals surface area contributed by atoms with E-state index in [1.165, 1.54) is 0 Å². The number of benzene rings is 1. The summed E-state index contributed by atoms with van der Waals surface area (Å²) in [5.41, 5.74) is 0.922. The Kier molecular flexibility index (Phi) is 2.87. The van der Waals surface area contributed by atoms with Gasteiger partial charge in [-0.3, -0.25) is 9.59 Å². The van der Waals surface area contributed by atoms with Gasteiger partial charge in [0, 0.05) is 16.5 Å². The first-order valence-electron chi connectivity index (χ1n) is 7.32. The largest absolute Gasteiger partial charge is 0.466 e.